The molecule has 4 unspecified atom stereocenters. The van der Waals surface area contributed by atoms with Crippen molar-refractivity contribution >= 4 is 23.3 Å². The van der Waals surface area contributed by atoms with Crippen molar-refractivity contribution < 1.29 is 29.3 Å². The van der Waals surface area contributed by atoms with Crippen LogP contribution in [0.1, 0.15) is 84.2 Å². The minimum absolute atomic E-state index is 0.00319. The molecule has 2 fully saturated rings. The molecule has 3 aromatic carbocycles. The van der Waals surface area contributed by atoms with E-state index >= 15 is 0 Å². The van der Waals surface area contributed by atoms with Crippen LogP contribution in [0.3, 0.4) is 0 Å². The SMILES string of the molecule is CCC(COc1cc(C(=O)O)c(OCC(CC)C2CCCN2c2ccc(C#N)cc2)cc1C(=O)O)C1CCCN1c1ccc(C#N)cc1. The van der Waals surface area contributed by atoms with Gasteiger partial charge in [0.15, 0.2) is 0 Å². The van der Waals surface area contributed by atoms with Crippen molar-refractivity contribution in [3.63, 3.8) is 0 Å². The molecule has 2 aliphatic rings. The molecule has 10 nitrogen and oxygen atoms in total. The lowest BCUT2D eigenvalue weighted by Crippen LogP contribution is -2.38. The highest BCUT2D eigenvalue weighted by atomic mass is 16.5. The van der Waals surface area contributed by atoms with Crippen LogP contribution in [-0.2, 0) is 0 Å². The third-order valence-corrected chi connectivity index (χ3v) is 9.84. The second kappa shape index (κ2) is 15.6. The predicted molar refractivity (Wildman–Crippen MR) is 182 cm³/mol. The Bertz CT molecular complexity index is 1550. The maximum atomic E-state index is 12.4. The van der Waals surface area contributed by atoms with Crippen LogP contribution in [0.4, 0.5) is 11.4 Å². The molecule has 2 N–H and O–H groups in total. The van der Waals surface area contributed by atoms with Gasteiger partial charge in [0.1, 0.15) is 22.6 Å². The third kappa shape index (κ3) is 7.50. The first kappa shape index (κ1) is 34.1. The number of nitriles is 2. The summed E-state index contributed by atoms with van der Waals surface area (Å²) >= 11 is 0. The monoisotopic (exact) mass is 650 g/mol. The van der Waals surface area contributed by atoms with Crippen LogP contribution in [-0.4, -0.2) is 60.5 Å². The zero-order valence-corrected chi connectivity index (χ0v) is 27.5. The topological polar surface area (TPSA) is 147 Å². The molecule has 48 heavy (non-hydrogen) atoms. The lowest BCUT2D eigenvalue weighted by atomic mass is 9.95. The zero-order valence-electron chi connectivity index (χ0n) is 27.5. The van der Waals surface area contributed by atoms with E-state index in [1.807, 2.05) is 24.3 Å². The van der Waals surface area contributed by atoms with Gasteiger partial charge in [0.25, 0.3) is 0 Å². The second-order valence-electron chi connectivity index (χ2n) is 12.5. The molecule has 3 aromatic rings. The van der Waals surface area contributed by atoms with Crippen LogP contribution in [0.2, 0.25) is 0 Å². The Morgan fingerprint density at radius 2 is 1.10 bits per heavy atom. The smallest absolute Gasteiger partial charge is 0.339 e. The Labute approximate surface area is 281 Å². The van der Waals surface area contributed by atoms with Gasteiger partial charge >= 0.3 is 11.9 Å². The molecule has 250 valence electrons. The fourth-order valence-electron chi connectivity index (χ4n) is 7.19. The van der Waals surface area contributed by atoms with E-state index in [-0.39, 0.29) is 59.8 Å². The Morgan fingerprint density at radius 1 is 0.729 bits per heavy atom. The van der Waals surface area contributed by atoms with Crippen molar-refractivity contribution in [1.82, 2.24) is 0 Å². The highest BCUT2D eigenvalue weighted by Gasteiger charge is 2.34. The summed E-state index contributed by atoms with van der Waals surface area (Å²) in [6, 6.07) is 22.2. The molecular weight excluding hydrogens is 608 g/mol. The number of rotatable bonds is 14. The number of hydrogen-bond donors (Lipinski definition) is 2. The van der Waals surface area contributed by atoms with E-state index in [1.54, 1.807) is 24.3 Å². The third-order valence-electron chi connectivity index (χ3n) is 9.84. The van der Waals surface area contributed by atoms with E-state index in [0.717, 1.165) is 63.0 Å². The molecule has 4 atom stereocenters. The fraction of sp³-hybridized carbons (Fsp3) is 0.421. The van der Waals surface area contributed by atoms with Gasteiger partial charge < -0.3 is 29.5 Å². The van der Waals surface area contributed by atoms with Crippen LogP contribution >= 0.6 is 0 Å². The largest absolute Gasteiger partial charge is 0.492 e. The van der Waals surface area contributed by atoms with Crippen LogP contribution < -0.4 is 19.3 Å². The summed E-state index contributed by atoms with van der Waals surface area (Å²) in [6.45, 7) is 6.31. The van der Waals surface area contributed by atoms with Crippen molar-refractivity contribution in [1.29, 1.82) is 10.5 Å². The summed E-state index contributed by atoms with van der Waals surface area (Å²) in [5, 5.41) is 38.6. The average Bonchev–Trinajstić information content (AvgIpc) is 3.80. The van der Waals surface area contributed by atoms with Crippen LogP contribution in [0, 0.1) is 34.5 Å². The van der Waals surface area contributed by atoms with E-state index < -0.39 is 11.9 Å². The van der Waals surface area contributed by atoms with Crippen molar-refractivity contribution in [2.45, 2.75) is 64.5 Å². The van der Waals surface area contributed by atoms with E-state index in [4.69, 9.17) is 9.47 Å². The summed E-state index contributed by atoms with van der Waals surface area (Å²) in [6.07, 6.45) is 5.47. The fourth-order valence-corrected chi connectivity index (χ4v) is 7.19. The molecule has 0 bridgehead atoms. The normalized spacial score (nSPS) is 18.5. The maximum Gasteiger partial charge on any atom is 0.339 e. The predicted octanol–water partition coefficient (Wildman–Crippen LogP) is 6.97. The first-order valence-corrected chi connectivity index (χ1v) is 16.7. The molecule has 10 heteroatoms. The standard InChI is InChI=1S/C38H42N4O6/c1-3-27(33-7-5-17-41(33)29-13-9-25(21-39)10-14-29)23-47-35-19-32(38(45)46)36(20-31(35)37(43)44)48-24-28(4-2)34-8-6-18-42(34)30-15-11-26(22-40)12-16-30/h9-16,19-20,27-28,33-34H,3-8,17-18,23-24H2,1-2H3,(H,43,44)(H,45,46). The first-order chi connectivity index (χ1) is 23.3. The van der Waals surface area contributed by atoms with E-state index in [0.29, 0.717) is 11.1 Å². The van der Waals surface area contributed by atoms with Crippen LogP contribution in [0.5, 0.6) is 11.5 Å². The number of nitrogens with zero attached hydrogens (tertiary/aromatic N) is 4. The van der Waals surface area contributed by atoms with E-state index in [2.05, 4.69) is 35.8 Å². The van der Waals surface area contributed by atoms with Gasteiger partial charge in [-0.05, 0) is 99.2 Å². The Balaban J connectivity index is 1.32. The molecule has 2 heterocycles. The number of benzene rings is 3. The molecule has 0 aliphatic carbocycles. The first-order valence-electron chi connectivity index (χ1n) is 16.7. The van der Waals surface area contributed by atoms with Gasteiger partial charge in [0.05, 0.1) is 36.5 Å². The molecule has 0 aromatic heterocycles. The van der Waals surface area contributed by atoms with Crippen molar-refractivity contribution in [3.05, 3.63) is 82.9 Å². The van der Waals surface area contributed by atoms with Gasteiger partial charge in [0, 0.05) is 48.4 Å². The molecular formula is C38H42N4O6. The summed E-state index contributed by atoms with van der Waals surface area (Å²) in [5.74, 6) is -2.33. The number of carboxylic acids is 2. The van der Waals surface area contributed by atoms with Crippen LogP contribution in [0.15, 0.2) is 60.7 Å². The quantitative estimate of drug-likeness (QED) is 0.187. The summed E-state index contributed by atoms with van der Waals surface area (Å²) in [5.41, 5.74) is 2.96. The Hall–Kier alpha value is -5.22. The van der Waals surface area contributed by atoms with Gasteiger partial charge in [-0.3, -0.25) is 0 Å². The van der Waals surface area contributed by atoms with Gasteiger partial charge in [-0.1, -0.05) is 13.8 Å². The van der Waals surface area contributed by atoms with Gasteiger partial charge in [-0.2, -0.15) is 10.5 Å². The van der Waals surface area contributed by atoms with E-state index in [9.17, 15) is 30.3 Å². The minimum atomic E-state index is -1.23. The molecule has 2 saturated heterocycles. The minimum Gasteiger partial charge on any atom is -0.492 e. The number of ether oxygens (including phenoxy) is 2. The van der Waals surface area contributed by atoms with Gasteiger partial charge in [-0.25, -0.2) is 9.59 Å². The Kier molecular flexibility index (Phi) is 11.1. The lowest BCUT2D eigenvalue weighted by molar-refractivity contribution is 0.0670. The molecule has 0 spiro atoms. The second-order valence-corrected chi connectivity index (χ2v) is 12.5. The number of aromatic carboxylic acids is 2. The van der Waals surface area contributed by atoms with Crippen LogP contribution in [0.25, 0.3) is 0 Å². The summed E-state index contributed by atoms with van der Waals surface area (Å²) in [4.78, 5) is 29.5. The molecule has 2 aliphatic heterocycles. The number of carbonyl (C=O) groups is 2. The van der Waals surface area contributed by atoms with Gasteiger partial charge in [-0.15, -0.1) is 0 Å². The number of hydrogen-bond acceptors (Lipinski definition) is 8. The molecule has 0 saturated carbocycles. The van der Waals surface area contributed by atoms with Gasteiger partial charge in [0.2, 0.25) is 0 Å². The summed E-state index contributed by atoms with van der Waals surface area (Å²) < 4.78 is 12.3. The summed E-state index contributed by atoms with van der Waals surface area (Å²) in [7, 11) is 0. The Morgan fingerprint density at radius 3 is 1.42 bits per heavy atom. The van der Waals surface area contributed by atoms with Crippen molar-refractivity contribution in [3.8, 4) is 23.6 Å². The lowest BCUT2D eigenvalue weighted by Gasteiger charge is -2.33. The molecule has 5 rings (SSSR count). The highest BCUT2D eigenvalue weighted by molar-refractivity contribution is 5.97. The highest BCUT2D eigenvalue weighted by Crippen LogP contribution is 2.36. The zero-order chi connectivity index (χ0) is 34.2. The van der Waals surface area contributed by atoms with E-state index in [1.165, 1.54) is 12.1 Å². The molecule has 0 amide bonds. The number of anilines is 2. The van der Waals surface area contributed by atoms with Crippen molar-refractivity contribution in [2.24, 2.45) is 11.8 Å². The van der Waals surface area contributed by atoms with Crippen molar-refractivity contribution in [2.75, 3.05) is 36.1 Å². The average molecular weight is 651 g/mol. The maximum absolute atomic E-state index is 12.4. The molecule has 0 radical (unpaired) electrons. The number of carboxylic acid groups (broad SMARTS) is 2.